The molecule has 2 fully saturated rings. The number of piperidine rings is 1. The number of nitrogens with one attached hydrogen (secondary N) is 1. The number of urea groups is 1. The summed E-state index contributed by atoms with van der Waals surface area (Å²) in [5.41, 5.74) is 1.21. The molecule has 0 saturated carbocycles. The van der Waals surface area contributed by atoms with E-state index in [9.17, 15) is 4.79 Å². The fourth-order valence-corrected chi connectivity index (χ4v) is 4.61. The lowest BCUT2D eigenvalue weighted by atomic mass is 9.67. The highest BCUT2D eigenvalue weighted by atomic mass is 16.5. The summed E-state index contributed by atoms with van der Waals surface area (Å²) < 4.78 is 5.96. The van der Waals surface area contributed by atoms with Gasteiger partial charge in [-0.15, -0.1) is 0 Å². The molecule has 1 aromatic rings. The van der Waals surface area contributed by atoms with Crippen molar-refractivity contribution in [3.05, 3.63) is 35.9 Å². The van der Waals surface area contributed by atoms with Crippen LogP contribution < -0.4 is 5.32 Å². The summed E-state index contributed by atoms with van der Waals surface area (Å²) in [6, 6.07) is 13.0. The van der Waals surface area contributed by atoms with Crippen LogP contribution in [-0.2, 0) is 10.2 Å². The van der Waals surface area contributed by atoms with Crippen LogP contribution in [-0.4, -0.2) is 42.8 Å². The predicted octanol–water partition coefficient (Wildman–Crippen LogP) is 3.85. The van der Waals surface area contributed by atoms with Crippen molar-refractivity contribution in [1.82, 2.24) is 10.2 Å². The fraction of sp³-hybridized carbons (Fsp3) is 0.636. The molecule has 27 heavy (non-hydrogen) atoms. The van der Waals surface area contributed by atoms with Gasteiger partial charge in [-0.25, -0.2) is 4.79 Å². The van der Waals surface area contributed by atoms with Gasteiger partial charge in [0.1, 0.15) is 0 Å². The van der Waals surface area contributed by atoms with Crippen LogP contribution in [0.15, 0.2) is 30.3 Å². The second kappa shape index (κ2) is 8.31. The van der Waals surface area contributed by atoms with Crippen molar-refractivity contribution in [2.24, 2.45) is 5.92 Å². The average Bonchev–Trinajstić information content (AvgIpc) is 2.68. The van der Waals surface area contributed by atoms with E-state index >= 15 is 0 Å². The quantitative estimate of drug-likeness (QED) is 0.877. The van der Waals surface area contributed by atoms with Gasteiger partial charge in [0.2, 0.25) is 0 Å². The number of hydrogen-bond donors (Lipinski definition) is 1. The third kappa shape index (κ3) is 4.81. The van der Waals surface area contributed by atoms with Gasteiger partial charge in [-0.1, -0.05) is 30.3 Å². The van der Waals surface area contributed by atoms with Gasteiger partial charge in [0, 0.05) is 37.6 Å². The molecule has 0 spiro atoms. The second-order valence-corrected chi connectivity index (χ2v) is 8.55. The SMILES string of the molecule is CC1(C)C[C@@](CCNC(=O)N2CCC(C#N)CC2)(c2ccccc2)CCO1. The summed E-state index contributed by atoms with van der Waals surface area (Å²) in [4.78, 5) is 14.4. The van der Waals surface area contributed by atoms with Gasteiger partial charge < -0.3 is 15.0 Å². The Morgan fingerprint density at radius 3 is 2.63 bits per heavy atom. The summed E-state index contributed by atoms with van der Waals surface area (Å²) in [7, 11) is 0. The smallest absolute Gasteiger partial charge is 0.317 e. The molecule has 1 atom stereocenters. The zero-order valence-electron chi connectivity index (χ0n) is 16.5. The molecule has 0 radical (unpaired) electrons. The molecule has 2 aliphatic rings. The average molecular weight is 370 g/mol. The minimum absolute atomic E-state index is 0.000853. The summed E-state index contributed by atoms with van der Waals surface area (Å²) >= 11 is 0. The monoisotopic (exact) mass is 369 g/mol. The summed E-state index contributed by atoms with van der Waals surface area (Å²) in [6.45, 7) is 7.06. The van der Waals surface area contributed by atoms with E-state index in [0.717, 1.165) is 38.7 Å². The van der Waals surface area contributed by atoms with E-state index in [1.165, 1.54) is 5.56 Å². The van der Waals surface area contributed by atoms with E-state index in [2.05, 4.69) is 49.5 Å². The van der Waals surface area contributed by atoms with Crippen molar-refractivity contribution in [2.75, 3.05) is 26.2 Å². The standard InChI is InChI=1S/C22H31N3O2/c1-21(2)17-22(11-15-27-21,19-6-4-3-5-7-19)10-12-24-20(26)25-13-8-18(16-23)9-14-25/h3-7,18H,8-15,17H2,1-2H3,(H,24,26)/t22-/m0/s1. The Morgan fingerprint density at radius 1 is 1.30 bits per heavy atom. The molecule has 1 N–H and O–H groups in total. The number of carbonyl (C=O) groups is 1. The van der Waals surface area contributed by atoms with Crippen LogP contribution >= 0.6 is 0 Å². The van der Waals surface area contributed by atoms with Gasteiger partial charge in [-0.2, -0.15) is 5.26 Å². The van der Waals surface area contributed by atoms with Crippen LogP contribution in [0.4, 0.5) is 4.79 Å². The molecule has 0 unspecified atom stereocenters. The highest BCUT2D eigenvalue weighted by Crippen LogP contribution is 2.43. The molecule has 0 bridgehead atoms. The van der Waals surface area contributed by atoms with Crippen molar-refractivity contribution in [3.8, 4) is 6.07 Å². The van der Waals surface area contributed by atoms with Crippen molar-refractivity contribution in [1.29, 1.82) is 5.26 Å². The molecule has 2 aliphatic heterocycles. The van der Waals surface area contributed by atoms with E-state index in [-0.39, 0.29) is 23.0 Å². The Kier molecular flexibility index (Phi) is 6.06. The van der Waals surface area contributed by atoms with E-state index < -0.39 is 0 Å². The number of amides is 2. The van der Waals surface area contributed by atoms with Gasteiger partial charge in [0.15, 0.2) is 0 Å². The summed E-state index contributed by atoms with van der Waals surface area (Å²) in [6.07, 6.45) is 4.40. The minimum atomic E-state index is -0.155. The molecule has 2 amide bonds. The Labute approximate surface area is 162 Å². The normalized spacial score (nSPS) is 25.6. The van der Waals surface area contributed by atoms with Gasteiger partial charge in [-0.05, 0) is 51.5 Å². The van der Waals surface area contributed by atoms with Gasteiger partial charge in [0.25, 0.3) is 0 Å². The third-order valence-corrected chi connectivity index (χ3v) is 6.07. The lowest BCUT2D eigenvalue weighted by Crippen LogP contribution is -2.48. The summed E-state index contributed by atoms with van der Waals surface area (Å²) in [5, 5.41) is 12.1. The first-order valence-electron chi connectivity index (χ1n) is 10.1. The van der Waals surface area contributed by atoms with Crippen LogP contribution in [0.1, 0.15) is 51.5 Å². The first-order chi connectivity index (χ1) is 12.9. The first-order valence-corrected chi connectivity index (χ1v) is 10.1. The predicted molar refractivity (Wildman–Crippen MR) is 105 cm³/mol. The maximum Gasteiger partial charge on any atom is 0.317 e. The number of ether oxygens (including phenoxy) is 1. The van der Waals surface area contributed by atoms with E-state index in [1.54, 1.807) is 0 Å². The van der Waals surface area contributed by atoms with Crippen molar-refractivity contribution in [3.63, 3.8) is 0 Å². The number of hydrogen-bond acceptors (Lipinski definition) is 3. The molecule has 5 heteroatoms. The Bertz CT molecular complexity index is 675. The van der Waals surface area contributed by atoms with E-state index in [1.807, 2.05) is 11.0 Å². The number of carbonyl (C=O) groups excluding carboxylic acids is 1. The highest BCUT2D eigenvalue weighted by molar-refractivity contribution is 5.74. The molecular weight excluding hydrogens is 338 g/mol. The second-order valence-electron chi connectivity index (χ2n) is 8.55. The minimum Gasteiger partial charge on any atom is -0.376 e. The molecule has 146 valence electrons. The van der Waals surface area contributed by atoms with Crippen LogP contribution in [0, 0.1) is 17.2 Å². The van der Waals surface area contributed by atoms with Crippen LogP contribution in [0.25, 0.3) is 0 Å². The maximum atomic E-state index is 12.5. The lowest BCUT2D eigenvalue weighted by molar-refractivity contribution is -0.0838. The van der Waals surface area contributed by atoms with Crippen molar-refractivity contribution >= 4 is 6.03 Å². The number of nitriles is 1. The van der Waals surface area contributed by atoms with Crippen LogP contribution in [0.2, 0.25) is 0 Å². The Hall–Kier alpha value is -2.06. The number of rotatable bonds is 4. The zero-order valence-corrected chi connectivity index (χ0v) is 16.5. The first kappa shape index (κ1) is 19.7. The topological polar surface area (TPSA) is 65.4 Å². The molecule has 3 rings (SSSR count). The number of benzene rings is 1. The Balaban J connectivity index is 1.61. The van der Waals surface area contributed by atoms with E-state index in [0.29, 0.717) is 19.6 Å². The van der Waals surface area contributed by atoms with Gasteiger partial charge >= 0.3 is 6.03 Å². The highest BCUT2D eigenvalue weighted by Gasteiger charge is 2.41. The van der Waals surface area contributed by atoms with Gasteiger partial charge in [-0.3, -0.25) is 0 Å². The van der Waals surface area contributed by atoms with Crippen LogP contribution in [0.5, 0.6) is 0 Å². The maximum absolute atomic E-state index is 12.5. The van der Waals surface area contributed by atoms with E-state index in [4.69, 9.17) is 10.00 Å². The lowest BCUT2D eigenvalue weighted by Gasteiger charge is -2.45. The molecule has 2 saturated heterocycles. The van der Waals surface area contributed by atoms with Crippen molar-refractivity contribution in [2.45, 2.75) is 57.0 Å². The number of likely N-dealkylation sites (tertiary alicyclic amines) is 1. The molecule has 1 aromatic carbocycles. The van der Waals surface area contributed by atoms with Crippen molar-refractivity contribution < 1.29 is 9.53 Å². The molecular formula is C22H31N3O2. The fourth-order valence-electron chi connectivity index (χ4n) is 4.61. The van der Waals surface area contributed by atoms with Gasteiger partial charge in [0.05, 0.1) is 11.7 Å². The number of nitrogens with zero attached hydrogens (tertiary/aromatic N) is 2. The summed E-state index contributed by atoms with van der Waals surface area (Å²) in [5.74, 6) is 0.0971. The molecule has 0 aromatic heterocycles. The molecule has 0 aliphatic carbocycles. The zero-order chi connectivity index (χ0) is 19.3. The van der Waals surface area contributed by atoms with Crippen LogP contribution in [0.3, 0.4) is 0 Å². The molecule has 5 nitrogen and oxygen atoms in total. The Morgan fingerprint density at radius 2 is 2.00 bits per heavy atom. The third-order valence-electron chi connectivity index (χ3n) is 6.07. The molecule has 2 heterocycles. The largest absolute Gasteiger partial charge is 0.376 e.